The molecule has 2 aromatic heterocycles. The highest BCUT2D eigenvalue weighted by Gasteiger charge is 2.13. The van der Waals surface area contributed by atoms with Gasteiger partial charge in [-0.3, -0.25) is 4.98 Å². The molecular formula is C27H41BrN2. The van der Waals surface area contributed by atoms with Gasteiger partial charge in [-0.25, -0.2) is 4.57 Å². The van der Waals surface area contributed by atoms with Crippen LogP contribution in [0.25, 0.3) is 0 Å². The Hall–Kier alpha value is -1.22. The quantitative estimate of drug-likeness (QED) is 0.301. The topological polar surface area (TPSA) is 16.8 Å². The number of halogens is 1. The number of pyridine rings is 2. The van der Waals surface area contributed by atoms with E-state index in [2.05, 4.69) is 34.1 Å². The minimum atomic E-state index is 0. The normalized spacial score (nSPS) is 12.9. The third-order valence-electron chi connectivity index (χ3n) is 6.45. The Bertz CT molecular complexity index is 687. The average molecular weight is 474 g/mol. The fourth-order valence-corrected chi connectivity index (χ4v) is 4.62. The van der Waals surface area contributed by atoms with Crippen molar-refractivity contribution >= 4 is 0 Å². The van der Waals surface area contributed by atoms with E-state index < -0.39 is 0 Å². The predicted octanol–water partition coefficient (Wildman–Crippen LogP) is 3.79. The Morgan fingerprint density at radius 1 is 0.733 bits per heavy atom. The number of fused-ring (bicyclic) bond motifs is 1. The Morgan fingerprint density at radius 2 is 1.37 bits per heavy atom. The van der Waals surface area contributed by atoms with Crippen molar-refractivity contribution in [1.82, 2.24) is 4.98 Å². The molecule has 0 aliphatic heterocycles. The fourth-order valence-electron chi connectivity index (χ4n) is 4.62. The van der Waals surface area contributed by atoms with Gasteiger partial charge in [0.05, 0.1) is 0 Å². The maximum atomic E-state index is 4.19. The van der Waals surface area contributed by atoms with Crippen molar-refractivity contribution in [3.05, 3.63) is 59.7 Å². The second-order valence-corrected chi connectivity index (χ2v) is 8.94. The molecule has 3 heteroatoms. The molecule has 0 unspecified atom stereocenters. The van der Waals surface area contributed by atoms with E-state index in [4.69, 9.17) is 0 Å². The first-order valence-electron chi connectivity index (χ1n) is 12.3. The number of unbranched alkanes of at least 4 members (excludes halogenated alkanes) is 10. The lowest BCUT2D eigenvalue weighted by molar-refractivity contribution is -0.697. The van der Waals surface area contributed by atoms with Crippen LogP contribution in [-0.4, -0.2) is 4.98 Å². The van der Waals surface area contributed by atoms with E-state index in [-0.39, 0.29) is 17.0 Å². The van der Waals surface area contributed by atoms with Gasteiger partial charge >= 0.3 is 0 Å². The van der Waals surface area contributed by atoms with Crippen LogP contribution in [0.1, 0.15) is 100 Å². The van der Waals surface area contributed by atoms with Crippen molar-refractivity contribution in [2.24, 2.45) is 0 Å². The van der Waals surface area contributed by atoms with Crippen LogP contribution in [0.3, 0.4) is 0 Å². The summed E-state index contributed by atoms with van der Waals surface area (Å²) in [4.78, 5) is 4.19. The molecule has 0 atom stereocenters. The van der Waals surface area contributed by atoms with Gasteiger partial charge in [0.1, 0.15) is 6.54 Å². The molecule has 0 amide bonds. The van der Waals surface area contributed by atoms with Crippen LogP contribution < -0.4 is 21.5 Å². The first-order valence-corrected chi connectivity index (χ1v) is 12.3. The number of rotatable bonds is 14. The van der Waals surface area contributed by atoms with Crippen LogP contribution in [0.4, 0.5) is 0 Å². The molecule has 0 N–H and O–H groups in total. The molecule has 0 aromatic carbocycles. The molecule has 30 heavy (non-hydrogen) atoms. The Balaban J connectivity index is 0.00000320. The highest BCUT2D eigenvalue weighted by molar-refractivity contribution is 5.23. The highest BCUT2D eigenvalue weighted by atomic mass is 79.9. The summed E-state index contributed by atoms with van der Waals surface area (Å²) in [7, 11) is 0. The zero-order valence-corrected chi connectivity index (χ0v) is 20.4. The zero-order chi connectivity index (χ0) is 20.0. The molecule has 0 saturated heterocycles. The van der Waals surface area contributed by atoms with E-state index >= 15 is 0 Å². The Labute approximate surface area is 195 Å². The number of hydrogen-bond donors (Lipinski definition) is 0. The van der Waals surface area contributed by atoms with E-state index in [1.54, 1.807) is 11.1 Å². The first-order chi connectivity index (χ1) is 14.4. The van der Waals surface area contributed by atoms with Crippen molar-refractivity contribution in [2.45, 2.75) is 109 Å². The third kappa shape index (κ3) is 9.73. The van der Waals surface area contributed by atoms with Crippen LogP contribution in [-0.2, 0) is 25.8 Å². The minimum absolute atomic E-state index is 0. The van der Waals surface area contributed by atoms with Crippen LogP contribution >= 0.6 is 0 Å². The van der Waals surface area contributed by atoms with Gasteiger partial charge in [0.2, 0.25) is 0 Å². The molecule has 1 aliphatic rings. The van der Waals surface area contributed by atoms with Gasteiger partial charge < -0.3 is 17.0 Å². The largest absolute Gasteiger partial charge is 1.00 e. The molecule has 2 aromatic rings. The number of nitrogens with zero attached hydrogens (tertiary/aromatic N) is 2. The first kappa shape index (κ1) is 25.0. The molecule has 2 heterocycles. The van der Waals surface area contributed by atoms with Crippen molar-refractivity contribution in [3.8, 4) is 0 Å². The monoisotopic (exact) mass is 472 g/mol. The predicted molar refractivity (Wildman–Crippen MR) is 122 cm³/mol. The molecule has 3 rings (SSSR count). The summed E-state index contributed by atoms with van der Waals surface area (Å²) in [6.45, 7) is 1.20. The van der Waals surface area contributed by atoms with Gasteiger partial charge in [-0.2, -0.15) is 0 Å². The lowest BCUT2D eigenvalue weighted by atomic mass is 9.93. The summed E-state index contributed by atoms with van der Waals surface area (Å²) in [5.41, 5.74) is 4.59. The van der Waals surface area contributed by atoms with Gasteiger partial charge in [0.25, 0.3) is 0 Å². The molecule has 0 fully saturated rings. The van der Waals surface area contributed by atoms with Crippen LogP contribution in [0, 0.1) is 0 Å². The van der Waals surface area contributed by atoms with E-state index in [0.717, 1.165) is 0 Å². The molecular weight excluding hydrogens is 432 g/mol. The van der Waals surface area contributed by atoms with Crippen molar-refractivity contribution < 1.29 is 21.5 Å². The van der Waals surface area contributed by atoms with Gasteiger partial charge in [-0.05, 0) is 62.1 Å². The van der Waals surface area contributed by atoms with Gasteiger partial charge in [0.15, 0.2) is 12.4 Å². The minimum Gasteiger partial charge on any atom is -1.00 e. The lowest BCUT2D eigenvalue weighted by Crippen LogP contribution is -3.00. The maximum absolute atomic E-state index is 4.19. The molecule has 0 saturated carbocycles. The van der Waals surface area contributed by atoms with E-state index in [1.807, 2.05) is 18.5 Å². The lowest BCUT2D eigenvalue weighted by Gasteiger charge is -2.13. The summed E-state index contributed by atoms with van der Waals surface area (Å²) in [6, 6.07) is 6.61. The number of hydrogen-bond acceptors (Lipinski definition) is 1. The van der Waals surface area contributed by atoms with E-state index in [9.17, 15) is 0 Å². The van der Waals surface area contributed by atoms with Crippen molar-refractivity contribution in [1.29, 1.82) is 0 Å². The Morgan fingerprint density at radius 3 is 2.03 bits per heavy atom. The SMILES string of the molecule is [Br-].c1cncc(CCCCCCCCCCCCC[n+]2ccc3c(c2)CCCC3)c1. The van der Waals surface area contributed by atoms with Gasteiger partial charge in [0, 0.05) is 30.4 Å². The number of aromatic nitrogens is 2. The molecule has 166 valence electrons. The smallest absolute Gasteiger partial charge is 0.172 e. The van der Waals surface area contributed by atoms with Crippen LogP contribution in [0.2, 0.25) is 0 Å². The Kier molecular flexibility index (Phi) is 13.0. The summed E-state index contributed by atoms with van der Waals surface area (Å²) in [5.74, 6) is 0. The number of aryl methyl sites for hydroxylation is 4. The van der Waals surface area contributed by atoms with Gasteiger partial charge in [-0.1, -0.05) is 57.4 Å². The molecule has 0 radical (unpaired) electrons. The van der Waals surface area contributed by atoms with E-state index in [1.165, 1.54) is 115 Å². The average Bonchev–Trinajstić information content (AvgIpc) is 2.77. The van der Waals surface area contributed by atoms with Crippen LogP contribution in [0.5, 0.6) is 0 Å². The summed E-state index contributed by atoms with van der Waals surface area (Å²) in [5, 5.41) is 0. The standard InChI is InChI=1S/C27H41N2.BrH/c1(2-4-6-8-10-15-25-16-14-20-28-23-25)3-5-7-9-13-21-29-22-19-26-17-11-12-18-27(26)24-29;/h14,16,19-20,22-24H,1-13,15,17-18,21H2;1H/q+1;/p-1. The van der Waals surface area contributed by atoms with Crippen molar-refractivity contribution in [2.75, 3.05) is 0 Å². The second kappa shape index (κ2) is 15.6. The van der Waals surface area contributed by atoms with Gasteiger partial charge in [-0.15, -0.1) is 0 Å². The molecule has 0 bridgehead atoms. The molecule has 0 spiro atoms. The zero-order valence-electron chi connectivity index (χ0n) is 18.8. The summed E-state index contributed by atoms with van der Waals surface area (Å²) in [6.07, 6.45) is 30.5. The second-order valence-electron chi connectivity index (χ2n) is 8.94. The third-order valence-corrected chi connectivity index (χ3v) is 6.45. The summed E-state index contributed by atoms with van der Waals surface area (Å²) >= 11 is 0. The maximum Gasteiger partial charge on any atom is 0.172 e. The van der Waals surface area contributed by atoms with Crippen LogP contribution in [0.15, 0.2) is 43.0 Å². The fraction of sp³-hybridized carbons (Fsp3) is 0.630. The van der Waals surface area contributed by atoms with Crippen molar-refractivity contribution in [3.63, 3.8) is 0 Å². The van der Waals surface area contributed by atoms with E-state index in [0.29, 0.717) is 0 Å². The molecule has 1 aliphatic carbocycles. The molecule has 2 nitrogen and oxygen atoms in total. The summed E-state index contributed by atoms with van der Waals surface area (Å²) < 4.78 is 2.43. The highest BCUT2D eigenvalue weighted by Crippen LogP contribution is 2.19.